The van der Waals surface area contributed by atoms with Crippen LogP contribution < -0.4 is 10.6 Å². The number of aryl methyl sites for hydroxylation is 1. The van der Waals surface area contributed by atoms with Crippen molar-refractivity contribution in [1.82, 2.24) is 5.32 Å². The number of hydrogen-bond acceptors (Lipinski definition) is 5. The second-order valence-electron chi connectivity index (χ2n) is 7.63. The Labute approximate surface area is 189 Å². The summed E-state index contributed by atoms with van der Waals surface area (Å²) in [6.07, 6.45) is 4.39. The largest absolute Gasteiger partial charge is 0.352 e. The highest BCUT2D eigenvalue weighted by Gasteiger charge is 2.28. The predicted molar refractivity (Wildman–Crippen MR) is 124 cm³/mol. The highest BCUT2D eigenvalue weighted by atomic mass is 32.1. The van der Waals surface area contributed by atoms with Gasteiger partial charge in [-0.05, 0) is 49.3 Å². The molecule has 0 spiro atoms. The number of carbonyl (C=O) groups excluding carboxylic acids is 2. The number of thiophene rings is 1. The summed E-state index contributed by atoms with van der Waals surface area (Å²) >= 11 is 1.39. The van der Waals surface area contributed by atoms with Gasteiger partial charge in [0.1, 0.15) is 10.6 Å². The van der Waals surface area contributed by atoms with Gasteiger partial charge >= 0.3 is 0 Å². The topological polar surface area (TPSA) is 101 Å². The van der Waals surface area contributed by atoms with Gasteiger partial charge in [-0.1, -0.05) is 42.5 Å². The molecule has 0 bridgehead atoms. The van der Waals surface area contributed by atoms with Crippen LogP contribution >= 0.6 is 11.3 Å². The Morgan fingerprint density at radius 3 is 2.47 bits per heavy atom. The molecular formula is C24H23N3O4S. The number of para-hydroxylation sites is 1. The molecule has 1 aliphatic carbocycles. The van der Waals surface area contributed by atoms with E-state index in [9.17, 15) is 19.7 Å². The van der Waals surface area contributed by atoms with E-state index in [1.807, 2.05) is 30.3 Å². The second-order valence-corrected chi connectivity index (χ2v) is 8.74. The van der Waals surface area contributed by atoms with Crippen LogP contribution in [0.15, 0.2) is 54.6 Å². The summed E-state index contributed by atoms with van der Waals surface area (Å²) < 4.78 is 0. The summed E-state index contributed by atoms with van der Waals surface area (Å²) in [7, 11) is 0. The highest BCUT2D eigenvalue weighted by Crippen LogP contribution is 2.38. The molecule has 32 heavy (non-hydrogen) atoms. The van der Waals surface area contributed by atoms with Crippen molar-refractivity contribution in [2.45, 2.75) is 32.1 Å². The summed E-state index contributed by atoms with van der Waals surface area (Å²) in [6.45, 7) is 0.477. The number of nitro benzene ring substituents is 1. The number of anilines is 1. The maximum Gasteiger partial charge on any atom is 0.282 e. The third-order valence-electron chi connectivity index (χ3n) is 5.51. The average Bonchev–Trinajstić information content (AvgIpc) is 3.17. The Kier molecular flexibility index (Phi) is 6.61. The van der Waals surface area contributed by atoms with E-state index in [2.05, 4.69) is 10.6 Å². The van der Waals surface area contributed by atoms with E-state index in [1.165, 1.54) is 29.5 Å². The molecule has 0 radical (unpaired) electrons. The van der Waals surface area contributed by atoms with E-state index in [0.29, 0.717) is 23.5 Å². The van der Waals surface area contributed by atoms with Crippen molar-refractivity contribution in [3.05, 3.63) is 91.8 Å². The summed E-state index contributed by atoms with van der Waals surface area (Å²) in [5, 5.41) is 17.5. The van der Waals surface area contributed by atoms with Crippen molar-refractivity contribution in [3.63, 3.8) is 0 Å². The molecule has 2 aromatic carbocycles. The zero-order valence-electron chi connectivity index (χ0n) is 17.4. The maximum absolute atomic E-state index is 13.1. The van der Waals surface area contributed by atoms with Crippen LogP contribution in [-0.2, 0) is 19.3 Å². The lowest BCUT2D eigenvalue weighted by molar-refractivity contribution is -0.385. The van der Waals surface area contributed by atoms with Crippen LogP contribution in [0, 0.1) is 10.1 Å². The molecule has 2 amide bonds. The van der Waals surface area contributed by atoms with E-state index in [0.717, 1.165) is 41.7 Å². The fraction of sp³-hybridized carbons (Fsp3) is 0.250. The van der Waals surface area contributed by atoms with E-state index >= 15 is 0 Å². The number of nitrogens with zero attached hydrogens (tertiary/aromatic N) is 1. The minimum atomic E-state index is -0.589. The number of carbonyl (C=O) groups is 2. The molecule has 0 unspecified atom stereocenters. The number of fused-ring (bicyclic) bond motifs is 1. The molecule has 1 aromatic heterocycles. The fourth-order valence-corrected chi connectivity index (χ4v) is 5.22. The van der Waals surface area contributed by atoms with Crippen molar-refractivity contribution in [1.29, 1.82) is 0 Å². The zero-order valence-corrected chi connectivity index (χ0v) is 18.2. The lowest BCUT2D eigenvalue weighted by Crippen LogP contribution is -2.27. The van der Waals surface area contributed by atoms with Gasteiger partial charge in [-0.25, -0.2) is 0 Å². The van der Waals surface area contributed by atoms with Crippen LogP contribution in [0.2, 0.25) is 0 Å². The monoisotopic (exact) mass is 449 g/mol. The Balaban J connectivity index is 1.56. The van der Waals surface area contributed by atoms with Gasteiger partial charge in [-0.15, -0.1) is 11.3 Å². The van der Waals surface area contributed by atoms with Gasteiger partial charge in [0.05, 0.1) is 10.5 Å². The van der Waals surface area contributed by atoms with E-state index in [1.54, 1.807) is 6.07 Å². The Bertz CT molecular complexity index is 1160. The molecule has 4 rings (SSSR count). The first kappa shape index (κ1) is 21.7. The third kappa shape index (κ3) is 4.70. The molecule has 3 aromatic rings. The summed E-state index contributed by atoms with van der Waals surface area (Å²) in [4.78, 5) is 37.8. The van der Waals surface area contributed by atoms with Crippen molar-refractivity contribution in [3.8, 4) is 0 Å². The summed E-state index contributed by atoms with van der Waals surface area (Å²) in [5.74, 6) is -0.813. The van der Waals surface area contributed by atoms with Crippen molar-refractivity contribution in [2.24, 2.45) is 0 Å². The van der Waals surface area contributed by atoms with Gasteiger partial charge in [0.2, 0.25) is 0 Å². The quantitative estimate of drug-likeness (QED) is 0.401. The van der Waals surface area contributed by atoms with Crippen LogP contribution in [0.5, 0.6) is 0 Å². The average molecular weight is 450 g/mol. The molecule has 164 valence electrons. The van der Waals surface area contributed by atoms with Gasteiger partial charge in [0.25, 0.3) is 17.5 Å². The number of benzene rings is 2. The predicted octanol–water partition coefficient (Wildman–Crippen LogP) is 4.76. The van der Waals surface area contributed by atoms with Crippen LogP contribution in [0.25, 0.3) is 0 Å². The summed E-state index contributed by atoms with van der Waals surface area (Å²) in [6, 6.07) is 15.7. The first-order valence-electron chi connectivity index (χ1n) is 10.6. The number of rotatable bonds is 7. The van der Waals surface area contributed by atoms with E-state index in [-0.39, 0.29) is 17.2 Å². The SMILES string of the molecule is O=C(Nc1sc2c(c1C(=O)NCCc1ccccc1)CCCC2)c1ccccc1[N+](=O)[O-]. The molecule has 0 saturated heterocycles. The zero-order chi connectivity index (χ0) is 22.5. The molecular weight excluding hydrogens is 426 g/mol. The minimum absolute atomic E-state index is 0.0284. The van der Waals surface area contributed by atoms with Gasteiger partial charge in [-0.2, -0.15) is 0 Å². The van der Waals surface area contributed by atoms with Gasteiger partial charge in [-0.3, -0.25) is 19.7 Å². The number of amides is 2. The first-order valence-corrected chi connectivity index (χ1v) is 11.4. The minimum Gasteiger partial charge on any atom is -0.352 e. The molecule has 0 saturated carbocycles. The molecule has 2 N–H and O–H groups in total. The number of nitrogens with one attached hydrogen (secondary N) is 2. The number of hydrogen-bond donors (Lipinski definition) is 2. The van der Waals surface area contributed by atoms with Gasteiger partial charge in [0, 0.05) is 17.5 Å². The summed E-state index contributed by atoms with van der Waals surface area (Å²) in [5.41, 5.74) is 2.31. The highest BCUT2D eigenvalue weighted by molar-refractivity contribution is 7.17. The lowest BCUT2D eigenvalue weighted by atomic mass is 9.95. The second kappa shape index (κ2) is 9.74. The normalized spacial score (nSPS) is 12.6. The maximum atomic E-state index is 13.1. The Morgan fingerprint density at radius 1 is 0.969 bits per heavy atom. The van der Waals surface area contributed by atoms with Crippen molar-refractivity contribution >= 4 is 33.8 Å². The third-order valence-corrected chi connectivity index (χ3v) is 6.72. The molecule has 1 aliphatic rings. The van der Waals surface area contributed by atoms with Gasteiger partial charge < -0.3 is 10.6 Å². The molecule has 0 aliphatic heterocycles. The molecule has 0 fully saturated rings. The number of nitro groups is 1. The molecule has 0 atom stereocenters. The molecule has 8 heteroatoms. The lowest BCUT2D eigenvalue weighted by Gasteiger charge is -2.13. The van der Waals surface area contributed by atoms with Crippen LogP contribution in [0.3, 0.4) is 0 Å². The fourth-order valence-electron chi connectivity index (χ4n) is 3.94. The Hall–Kier alpha value is -3.52. The van der Waals surface area contributed by atoms with Crippen LogP contribution in [0.4, 0.5) is 10.7 Å². The van der Waals surface area contributed by atoms with E-state index < -0.39 is 10.8 Å². The van der Waals surface area contributed by atoms with E-state index in [4.69, 9.17) is 0 Å². The standard InChI is InChI=1S/C24H23N3O4S/c28-22(17-10-4-6-12-19(17)27(30)31)26-24-21(18-11-5-7-13-20(18)32-24)23(29)25-15-14-16-8-2-1-3-9-16/h1-4,6,8-10,12H,5,7,11,13-15H2,(H,25,29)(H,26,28). The first-order chi connectivity index (χ1) is 15.5. The van der Waals surface area contributed by atoms with Crippen molar-refractivity contribution < 1.29 is 14.5 Å². The Morgan fingerprint density at radius 2 is 1.69 bits per heavy atom. The van der Waals surface area contributed by atoms with Gasteiger partial charge in [0.15, 0.2) is 0 Å². The van der Waals surface area contributed by atoms with Crippen LogP contribution in [-0.4, -0.2) is 23.3 Å². The van der Waals surface area contributed by atoms with Crippen molar-refractivity contribution in [2.75, 3.05) is 11.9 Å². The van der Waals surface area contributed by atoms with Crippen LogP contribution in [0.1, 0.15) is 49.6 Å². The molecule has 7 nitrogen and oxygen atoms in total. The molecule has 1 heterocycles. The smallest absolute Gasteiger partial charge is 0.282 e.